The van der Waals surface area contributed by atoms with Gasteiger partial charge in [-0.3, -0.25) is 14.6 Å². The molecular weight excluding hydrogens is 364 g/mol. The highest BCUT2D eigenvalue weighted by Crippen LogP contribution is 2.11. The van der Waals surface area contributed by atoms with Gasteiger partial charge in [0.1, 0.15) is 17.3 Å². The third-order valence-corrected chi connectivity index (χ3v) is 3.97. The molecule has 5 nitrogen and oxygen atoms in total. The molecule has 7 heteroatoms. The zero-order chi connectivity index (χ0) is 19.9. The molecule has 0 bridgehead atoms. The van der Waals surface area contributed by atoms with Crippen LogP contribution in [0, 0.1) is 11.6 Å². The van der Waals surface area contributed by atoms with Gasteiger partial charge in [0.2, 0.25) is 0 Å². The first-order valence-corrected chi connectivity index (χ1v) is 8.57. The van der Waals surface area contributed by atoms with Gasteiger partial charge in [0.15, 0.2) is 0 Å². The fourth-order valence-corrected chi connectivity index (χ4v) is 2.57. The van der Waals surface area contributed by atoms with Crippen LogP contribution < -0.4 is 10.6 Å². The van der Waals surface area contributed by atoms with Crippen molar-refractivity contribution >= 4 is 17.5 Å². The van der Waals surface area contributed by atoms with Crippen LogP contribution in [0.5, 0.6) is 0 Å². The van der Waals surface area contributed by atoms with Crippen molar-refractivity contribution in [1.29, 1.82) is 0 Å². The molecule has 0 radical (unpaired) electrons. The summed E-state index contributed by atoms with van der Waals surface area (Å²) in [6, 6.07) is 14.6. The summed E-state index contributed by atoms with van der Waals surface area (Å²) < 4.78 is 26.8. The van der Waals surface area contributed by atoms with Crippen LogP contribution in [0.3, 0.4) is 0 Å². The third-order valence-electron chi connectivity index (χ3n) is 3.97. The van der Waals surface area contributed by atoms with E-state index in [9.17, 15) is 18.4 Å². The molecule has 2 N–H and O–H groups in total. The largest absolute Gasteiger partial charge is 0.352 e. The molecule has 2 amide bonds. The summed E-state index contributed by atoms with van der Waals surface area (Å²) in [5.74, 6) is -1.77. The number of anilines is 1. The summed E-state index contributed by atoms with van der Waals surface area (Å²) in [6.07, 6.45) is 1.68. The number of carbonyl (C=O) groups excluding carboxylic acids is 2. The van der Waals surface area contributed by atoms with E-state index in [1.165, 1.54) is 42.6 Å². The molecule has 28 heavy (non-hydrogen) atoms. The van der Waals surface area contributed by atoms with E-state index < -0.39 is 17.6 Å². The molecule has 0 aliphatic carbocycles. The molecule has 0 aliphatic heterocycles. The molecular formula is C21H17F2N3O2. The average molecular weight is 381 g/mol. The lowest BCUT2D eigenvalue weighted by atomic mass is 10.1. The summed E-state index contributed by atoms with van der Waals surface area (Å²) in [6.45, 7) is 0.243. The number of halogens is 2. The lowest BCUT2D eigenvalue weighted by Crippen LogP contribution is -2.26. The van der Waals surface area contributed by atoms with Gasteiger partial charge in [-0.2, -0.15) is 0 Å². The third kappa shape index (κ3) is 4.97. The summed E-state index contributed by atoms with van der Waals surface area (Å²) in [5.41, 5.74) is 1.05. The average Bonchev–Trinajstić information content (AvgIpc) is 2.69. The van der Waals surface area contributed by atoms with Crippen LogP contribution in [0.15, 0.2) is 66.9 Å². The second-order valence-electron chi connectivity index (χ2n) is 5.99. The molecule has 0 saturated carbocycles. The number of nitrogens with one attached hydrogen (secondary N) is 2. The van der Waals surface area contributed by atoms with Crippen LogP contribution in [0.25, 0.3) is 0 Å². The predicted molar refractivity (Wildman–Crippen MR) is 101 cm³/mol. The zero-order valence-corrected chi connectivity index (χ0v) is 14.8. The van der Waals surface area contributed by atoms with Crippen molar-refractivity contribution in [2.75, 3.05) is 11.9 Å². The molecule has 0 aliphatic rings. The van der Waals surface area contributed by atoms with Crippen molar-refractivity contribution in [2.45, 2.75) is 6.42 Å². The second-order valence-corrected chi connectivity index (χ2v) is 5.99. The van der Waals surface area contributed by atoms with Crippen LogP contribution in [-0.4, -0.2) is 23.3 Å². The Kier molecular flexibility index (Phi) is 6.06. The van der Waals surface area contributed by atoms with E-state index in [2.05, 4.69) is 15.6 Å². The topological polar surface area (TPSA) is 71.1 Å². The number of amides is 2. The Morgan fingerprint density at radius 3 is 2.54 bits per heavy atom. The first-order chi connectivity index (χ1) is 13.5. The first-order valence-electron chi connectivity index (χ1n) is 8.57. The van der Waals surface area contributed by atoms with Gasteiger partial charge in [-0.15, -0.1) is 0 Å². The monoisotopic (exact) mass is 381 g/mol. The lowest BCUT2D eigenvalue weighted by Gasteiger charge is -2.08. The SMILES string of the molecule is O=C(NCCc1ccccc1F)c1ccnc(C(=O)Nc2cccc(F)c2)c1. The Bertz CT molecular complexity index is 1010. The predicted octanol–water partition coefficient (Wildman–Crippen LogP) is 3.58. The second kappa shape index (κ2) is 8.85. The van der Waals surface area contributed by atoms with Crippen molar-refractivity contribution in [3.05, 3.63) is 95.3 Å². The van der Waals surface area contributed by atoms with E-state index in [4.69, 9.17) is 0 Å². The van der Waals surface area contributed by atoms with Crippen molar-refractivity contribution in [1.82, 2.24) is 10.3 Å². The molecule has 1 aromatic heterocycles. The van der Waals surface area contributed by atoms with Crippen LogP contribution >= 0.6 is 0 Å². The van der Waals surface area contributed by atoms with Crippen molar-refractivity contribution in [3.8, 4) is 0 Å². The molecule has 3 aromatic rings. The minimum atomic E-state index is -0.563. The van der Waals surface area contributed by atoms with E-state index >= 15 is 0 Å². The zero-order valence-electron chi connectivity index (χ0n) is 14.8. The summed E-state index contributed by atoms with van der Waals surface area (Å²) in [5, 5.41) is 5.20. The number of carbonyl (C=O) groups is 2. The van der Waals surface area contributed by atoms with Crippen LogP contribution in [0.1, 0.15) is 26.4 Å². The van der Waals surface area contributed by atoms with Gasteiger partial charge in [0.25, 0.3) is 11.8 Å². The molecule has 1 heterocycles. The van der Waals surface area contributed by atoms with E-state index in [1.54, 1.807) is 24.3 Å². The summed E-state index contributed by atoms with van der Waals surface area (Å²) >= 11 is 0. The van der Waals surface area contributed by atoms with Crippen molar-refractivity contribution in [2.24, 2.45) is 0 Å². The highest BCUT2D eigenvalue weighted by Gasteiger charge is 2.12. The molecule has 3 rings (SSSR count). The van der Waals surface area contributed by atoms with Gasteiger partial charge in [0.05, 0.1) is 0 Å². The fraction of sp³-hybridized carbons (Fsp3) is 0.0952. The maximum atomic E-state index is 13.6. The smallest absolute Gasteiger partial charge is 0.274 e. The lowest BCUT2D eigenvalue weighted by molar-refractivity contribution is 0.0954. The summed E-state index contributed by atoms with van der Waals surface area (Å²) in [4.78, 5) is 28.5. The van der Waals surface area contributed by atoms with Crippen LogP contribution in [-0.2, 0) is 6.42 Å². The normalized spacial score (nSPS) is 10.4. The van der Waals surface area contributed by atoms with E-state index in [0.717, 1.165) is 0 Å². The maximum Gasteiger partial charge on any atom is 0.274 e. The molecule has 0 spiro atoms. The number of benzene rings is 2. The Balaban J connectivity index is 1.61. The highest BCUT2D eigenvalue weighted by molar-refractivity contribution is 6.04. The van der Waals surface area contributed by atoms with Crippen LogP contribution in [0.2, 0.25) is 0 Å². The number of hydrogen-bond acceptors (Lipinski definition) is 3. The molecule has 142 valence electrons. The Morgan fingerprint density at radius 2 is 1.75 bits per heavy atom. The van der Waals surface area contributed by atoms with Gasteiger partial charge in [0, 0.05) is 24.0 Å². The van der Waals surface area contributed by atoms with Crippen LogP contribution in [0.4, 0.5) is 14.5 Å². The molecule has 2 aromatic carbocycles. The quantitative estimate of drug-likeness (QED) is 0.686. The Labute approximate surface area is 160 Å². The standard InChI is InChI=1S/C21H17F2N3O2/c22-16-5-3-6-17(13-16)26-21(28)19-12-15(9-10-24-19)20(27)25-11-8-14-4-1-2-7-18(14)23/h1-7,9-10,12-13H,8,11H2,(H,25,27)(H,26,28). The van der Waals surface area contributed by atoms with E-state index in [-0.39, 0.29) is 29.3 Å². The number of hydrogen-bond donors (Lipinski definition) is 2. The molecule has 0 fully saturated rings. The van der Waals surface area contributed by atoms with Gasteiger partial charge in [-0.1, -0.05) is 24.3 Å². The van der Waals surface area contributed by atoms with Gasteiger partial charge < -0.3 is 10.6 Å². The first kappa shape index (κ1) is 19.2. The van der Waals surface area contributed by atoms with E-state index in [0.29, 0.717) is 12.0 Å². The summed E-state index contributed by atoms with van der Waals surface area (Å²) in [7, 11) is 0. The number of pyridine rings is 1. The molecule has 0 saturated heterocycles. The maximum absolute atomic E-state index is 13.6. The fourth-order valence-electron chi connectivity index (χ4n) is 2.57. The van der Waals surface area contributed by atoms with Gasteiger partial charge >= 0.3 is 0 Å². The van der Waals surface area contributed by atoms with Gasteiger partial charge in [-0.25, -0.2) is 8.78 Å². The minimum Gasteiger partial charge on any atom is -0.352 e. The van der Waals surface area contributed by atoms with E-state index in [1.807, 2.05) is 0 Å². The molecule has 0 atom stereocenters. The Hall–Kier alpha value is -3.61. The number of rotatable bonds is 6. The van der Waals surface area contributed by atoms with Crippen molar-refractivity contribution in [3.63, 3.8) is 0 Å². The number of aromatic nitrogens is 1. The highest BCUT2D eigenvalue weighted by atomic mass is 19.1. The molecule has 0 unspecified atom stereocenters. The Morgan fingerprint density at radius 1 is 0.929 bits per heavy atom. The van der Waals surface area contributed by atoms with Crippen molar-refractivity contribution < 1.29 is 18.4 Å². The number of nitrogens with zero attached hydrogens (tertiary/aromatic N) is 1. The van der Waals surface area contributed by atoms with Gasteiger partial charge in [-0.05, 0) is 48.4 Å². The minimum absolute atomic E-state index is 0.0195.